The quantitative estimate of drug-likeness (QED) is 0.825. The molecule has 0 atom stereocenters. The minimum Gasteiger partial charge on any atom is -0.258 e. The van der Waals surface area contributed by atoms with Crippen molar-refractivity contribution in [2.24, 2.45) is 5.92 Å². The van der Waals surface area contributed by atoms with Crippen molar-refractivity contribution >= 4 is 33.5 Å². The highest BCUT2D eigenvalue weighted by atomic mass is 32.2. The Kier molecular flexibility index (Phi) is 3.61. The van der Waals surface area contributed by atoms with Crippen LogP contribution in [0.25, 0.3) is 10.2 Å². The number of nitrogens with zero attached hydrogens (tertiary/aromatic N) is 1. The highest BCUT2D eigenvalue weighted by Gasteiger charge is 2.03. The fourth-order valence-corrected chi connectivity index (χ4v) is 3.16. The van der Waals surface area contributed by atoms with Crippen molar-refractivity contribution in [3.63, 3.8) is 0 Å². The van der Waals surface area contributed by atoms with Crippen molar-refractivity contribution in [1.29, 1.82) is 0 Å². The molecule has 0 bridgehead atoms. The Morgan fingerprint density at radius 1 is 1.40 bits per heavy atom. The second kappa shape index (κ2) is 4.96. The molecule has 1 N–H and O–H groups in total. The number of benzene rings is 1. The van der Waals surface area contributed by atoms with Crippen LogP contribution >= 0.6 is 23.3 Å². The molecule has 0 radical (unpaired) electrons. The highest BCUT2D eigenvalue weighted by molar-refractivity contribution is 7.99. The van der Waals surface area contributed by atoms with Gasteiger partial charge in [0.05, 0.1) is 10.2 Å². The summed E-state index contributed by atoms with van der Waals surface area (Å²) < 4.78 is 5.68. The molecule has 0 saturated carbocycles. The van der Waals surface area contributed by atoms with Crippen LogP contribution in [0.1, 0.15) is 13.8 Å². The van der Waals surface area contributed by atoms with Crippen molar-refractivity contribution in [3.8, 4) is 0 Å². The average Bonchev–Trinajstić information content (AvgIpc) is 2.59. The van der Waals surface area contributed by atoms with Crippen LogP contribution < -0.4 is 4.72 Å². The number of hydrogen-bond acceptors (Lipinski definition) is 4. The maximum atomic E-state index is 4.53. The van der Waals surface area contributed by atoms with Gasteiger partial charge in [0.2, 0.25) is 0 Å². The molecule has 0 unspecified atom stereocenters. The Labute approximate surface area is 98.2 Å². The Balaban J connectivity index is 2.03. The Hall–Kier alpha value is -0.580. The van der Waals surface area contributed by atoms with Crippen LogP contribution in [-0.4, -0.2) is 11.5 Å². The standard InChI is InChI=1S/C11H14N2S2/c1-8(2)7-12-15-11-13-9-5-3-4-6-10(9)14-11/h3-6,8,12H,7H2,1-2H3. The summed E-state index contributed by atoms with van der Waals surface area (Å²) in [7, 11) is 0. The fraction of sp³-hybridized carbons (Fsp3) is 0.364. The highest BCUT2D eigenvalue weighted by Crippen LogP contribution is 2.27. The Morgan fingerprint density at radius 3 is 2.93 bits per heavy atom. The van der Waals surface area contributed by atoms with Gasteiger partial charge >= 0.3 is 0 Å². The van der Waals surface area contributed by atoms with Gasteiger partial charge in [-0.25, -0.2) is 4.98 Å². The van der Waals surface area contributed by atoms with E-state index in [1.54, 1.807) is 23.3 Å². The van der Waals surface area contributed by atoms with Crippen molar-refractivity contribution < 1.29 is 0 Å². The summed E-state index contributed by atoms with van der Waals surface area (Å²) in [6.07, 6.45) is 0. The topological polar surface area (TPSA) is 24.9 Å². The molecule has 2 rings (SSSR count). The summed E-state index contributed by atoms with van der Waals surface area (Å²) in [6, 6.07) is 8.24. The van der Waals surface area contributed by atoms with E-state index in [9.17, 15) is 0 Å². The predicted molar refractivity (Wildman–Crippen MR) is 68.3 cm³/mol. The van der Waals surface area contributed by atoms with E-state index in [2.05, 4.69) is 41.8 Å². The SMILES string of the molecule is CC(C)CNSc1nc2ccccc2s1. The van der Waals surface area contributed by atoms with E-state index in [-0.39, 0.29) is 0 Å². The first kappa shape index (κ1) is 10.9. The summed E-state index contributed by atoms with van der Waals surface area (Å²) in [4.78, 5) is 4.53. The van der Waals surface area contributed by atoms with Gasteiger partial charge in [0.1, 0.15) is 0 Å². The monoisotopic (exact) mass is 238 g/mol. The molecule has 0 aliphatic carbocycles. The summed E-state index contributed by atoms with van der Waals surface area (Å²) in [5.41, 5.74) is 1.09. The third-order valence-corrected chi connectivity index (χ3v) is 3.83. The van der Waals surface area contributed by atoms with Gasteiger partial charge in [-0.1, -0.05) is 26.0 Å². The summed E-state index contributed by atoms with van der Waals surface area (Å²) in [6.45, 7) is 5.42. The van der Waals surface area contributed by atoms with Crippen molar-refractivity contribution in [1.82, 2.24) is 9.71 Å². The van der Waals surface area contributed by atoms with Crippen molar-refractivity contribution in [2.45, 2.75) is 18.2 Å². The molecule has 0 fully saturated rings. The van der Waals surface area contributed by atoms with Gasteiger partial charge in [-0.2, -0.15) is 0 Å². The van der Waals surface area contributed by atoms with E-state index < -0.39 is 0 Å². The molecule has 2 nitrogen and oxygen atoms in total. The zero-order chi connectivity index (χ0) is 10.7. The minimum absolute atomic E-state index is 0.673. The van der Waals surface area contributed by atoms with E-state index in [1.807, 2.05) is 6.07 Å². The molecule has 0 spiro atoms. The summed E-state index contributed by atoms with van der Waals surface area (Å²) in [5, 5.41) is 0. The third-order valence-electron chi connectivity index (χ3n) is 1.93. The van der Waals surface area contributed by atoms with Crippen LogP contribution in [0.5, 0.6) is 0 Å². The van der Waals surface area contributed by atoms with Gasteiger partial charge in [-0.05, 0) is 30.0 Å². The first-order valence-corrected chi connectivity index (χ1v) is 6.64. The maximum Gasteiger partial charge on any atom is 0.166 e. The molecular formula is C11H14N2S2. The first-order chi connectivity index (χ1) is 7.25. The second-order valence-electron chi connectivity index (χ2n) is 3.79. The van der Waals surface area contributed by atoms with Crippen LogP contribution in [0.4, 0.5) is 0 Å². The average molecular weight is 238 g/mol. The lowest BCUT2D eigenvalue weighted by molar-refractivity contribution is 0.640. The van der Waals surface area contributed by atoms with E-state index in [0.717, 1.165) is 16.4 Å². The van der Waals surface area contributed by atoms with Crippen LogP contribution in [0, 0.1) is 5.92 Å². The molecular weight excluding hydrogens is 224 g/mol. The van der Waals surface area contributed by atoms with E-state index in [4.69, 9.17) is 0 Å². The van der Waals surface area contributed by atoms with Crippen LogP contribution in [0.15, 0.2) is 28.6 Å². The number of fused-ring (bicyclic) bond motifs is 1. The molecule has 0 aliphatic rings. The molecule has 1 aromatic heterocycles. The zero-order valence-electron chi connectivity index (χ0n) is 8.86. The van der Waals surface area contributed by atoms with Crippen LogP contribution in [-0.2, 0) is 0 Å². The van der Waals surface area contributed by atoms with E-state index >= 15 is 0 Å². The molecule has 15 heavy (non-hydrogen) atoms. The normalized spacial score (nSPS) is 11.4. The summed E-state index contributed by atoms with van der Waals surface area (Å²) >= 11 is 3.37. The van der Waals surface area contributed by atoms with Gasteiger partial charge < -0.3 is 0 Å². The number of aromatic nitrogens is 1. The van der Waals surface area contributed by atoms with Crippen LogP contribution in [0.3, 0.4) is 0 Å². The van der Waals surface area contributed by atoms with Gasteiger partial charge in [0, 0.05) is 6.54 Å². The number of para-hydroxylation sites is 1. The molecule has 1 heterocycles. The second-order valence-corrected chi connectivity index (χ2v) is 5.96. The smallest absolute Gasteiger partial charge is 0.166 e. The maximum absolute atomic E-state index is 4.53. The number of thiazole rings is 1. The lowest BCUT2D eigenvalue weighted by Gasteiger charge is -2.03. The number of nitrogens with one attached hydrogen (secondary N) is 1. The zero-order valence-corrected chi connectivity index (χ0v) is 10.5. The number of hydrogen-bond donors (Lipinski definition) is 1. The van der Waals surface area contributed by atoms with E-state index in [1.165, 1.54) is 4.70 Å². The van der Waals surface area contributed by atoms with Gasteiger partial charge in [0.25, 0.3) is 0 Å². The summed E-state index contributed by atoms with van der Waals surface area (Å²) in [5.74, 6) is 0.673. The Bertz CT molecular complexity index is 404. The number of rotatable bonds is 4. The first-order valence-electron chi connectivity index (χ1n) is 5.01. The molecule has 0 saturated heterocycles. The van der Waals surface area contributed by atoms with Crippen molar-refractivity contribution in [2.75, 3.05) is 6.54 Å². The molecule has 0 amide bonds. The van der Waals surface area contributed by atoms with E-state index in [0.29, 0.717) is 5.92 Å². The molecule has 4 heteroatoms. The lowest BCUT2D eigenvalue weighted by atomic mass is 10.2. The van der Waals surface area contributed by atoms with Gasteiger partial charge in [-0.3, -0.25) is 4.72 Å². The van der Waals surface area contributed by atoms with Gasteiger partial charge in [-0.15, -0.1) is 11.3 Å². The minimum atomic E-state index is 0.673. The predicted octanol–water partition coefficient (Wildman–Crippen LogP) is 3.55. The Morgan fingerprint density at radius 2 is 2.20 bits per heavy atom. The largest absolute Gasteiger partial charge is 0.258 e. The van der Waals surface area contributed by atoms with Crippen LogP contribution in [0.2, 0.25) is 0 Å². The molecule has 2 aromatic rings. The van der Waals surface area contributed by atoms with Crippen molar-refractivity contribution in [3.05, 3.63) is 24.3 Å². The lowest BCUT2D eigenvalue weighted by Crippen LogP contribution is -2.10. The molecule has 1 aromatic carbocycles. The fourth-order valence-electron chi connectivity index (χ4n) is 1.16. The van der Waals surface area contributed by atoms with Gasteiger partial charge in [0.15, 0.2) is 4.34 Å². The molecule has 0 aliphatic heterocycles. The third kappa shape index (κ3) is 2.93. The molecule has 80 valence electrons.